The Morgan fingerprint density at radius 3 is 2.83 bits per heavy atom. The summed E-state index contributed by atoms with van der Waals surface area (Å²) in [4.78, 5) is 9.18. The zero-order chi connectivity index (χ0) is 16.4. The van der Waals surface area contributed by atoms with Gasteiger partial charge in [0, 0.05) is 31.9 Å². The van der Waals surface area contributed by atoms with Gasteiger partial charge in [-0.05, 0) is 46.3 Å². The van der Waals surface area contributed by atoms with Crippen LogP contribution in [0.4, 0.5) is 0 Å². The van der Waals surface area contributed by atoms with Crippen molar-refractivity contribution in [1.29, 1.82) is 0 Å². The molecule has 0 amide bonds. The lowest BCUT2D eigenvalue weighted by atomic mass is 9.87. The molecule has 1 aliphatic rings. The second kappa shape index (κ2) is 6.84. The van der Waals surface area contributed by atoms with E-state index in [-0.39, 0.29) is 0 Å². The lowest BCUT2D eigenvalue weighted by Crippen LogP contribution is -2.41. The molecule has 0 unspecified atom stereocenters. The lowest BCUT2D eigenvalue weighted by molar-refractivity contribution is 0.0879. The molecule has 2 atom stereocenters. The van der Waals surface area contributed by atoms with Crippen molar-refractivity contribution in [3.63, 3.8) is 0 Å². The van der Waals surface area contributed by atoms with Crippen LogP contribution in [0.1, 0.15) is 35.9 Å². The van der Waals surface area contributed by atoms with Crippen LogP contribution in [0.15, 0.2) is 23.2 Å². The molecule has 6 heteroatoms. The van der Waals surface area contributed by atoms with Gasteiger partial charge in [0.1, 0.15) is 5.76 Å². The summed E-state index contributed by atoms with van der Waals surface area (Å²) in [6.45, 7) is 5.07. The fourth-order valence-corrected chi connectivity index (χ4v) is 3.80. The number of hydrogen-bond donors (Lipinski definition) is 0. The molecule has 0 N–H and O–H groups in total. The molecule has 0 radical (unpaired) electrons. The summed E-state index contributed by atoms with van der Waals surface area (Å²) in [5.41, 5.74) is 2.49. The fourth-order valence-electron chi connectivity index (χ4n) is 3.80. The van der Waals surface area contributed by atoms with E-state index in [0.29, 0.717) is 12.0 Å². The van der Waals surface area contributed by atoms with Gasteiger partial charge in [-0.15, -0.1) is 0 Å². The Morgan fingerprint density at radius 2 is 2.17 bits per heavy atom. The molecular weight excluding hydrogens is 290 g/mol. The normalized spacial score (nSPS) is 22.8. The Morgan fingerprint density at radius 1 is 1.35 bits per heavy atom. The van der Waals surface area contributed by atoms with Crippen LogP contribution in [0.25, 0.3) is 0 Å². The van der Waals surface area contributed by atoms with Crippen molar-refractivity contribution in [2.45, 2.75) is 32.4 Å². The number of hydrogen-bond acceptors (Lipinski definition) is 5. The SMILES string of the molecule is Cc1oncc1CN(C)C[C@@H]1CCCN(C)[C@H]1c1cncn1C. The highest BCUT2D eigenvalue weighted by Crippen LogP contribution is 2.35. The maximum Gasteiger partial charge on any atom is 0.138 e. The van der Waals surface area contributed by atoms with Gasteiger partial charge < -0.3 is 14.0 Å². The molecule has 0 aromatic carbocycles. The Labute approximate surface area is 138 Å². The van der Waals surface area contributed by atoms with E-state index in [0.717, 1.165) is 25.4 Å². The van der Waals surface area contributed by atoms with Crippen molar-refractivity contribution in [3.05, 3.63) is 35.7 Å². The van der Waals surface area contributed by atoms with Crippen molar-refractivity contribution in [3.8, 4) is 0 Å². The first-order valence-corrected chi connectivity index (χ1v) is 8.31. The minimum atomic E-state index is 0.433. The van der Waals surface area contributed by atoms with Crippen molar-refractivity contribution in [1.82, 2.24) is 24.5 Å². The standard InChI is InChI=1S/C17H27N5O/c1-13-15(8-19-23-13)11-20(2)10-14-6-5-7-21(3)17(14)16-9-18-12-22(16)4/h8-9,12,14,17H,5-7,10-11H2,1-4H3/t14-,17+/m0/s1. The van der Waals surface area contributed by atoms with Crippen molar-refractivity contribution in [2.75, 3.05) is 27.2 Å². The van der Waals surface area contributed by atoms with Gasteiger partial charge in [-0.3, -0.25) is 4.90 Å². The summed E-state index contributed by atoms with van der Waals surface area (Å²) in [7, 11) is 6.50. The minimum Gasteiger partial charge on any atom is -0.361 e. The van der Waals surface area contributed by atoms with Gasteiger partial charge in [-0.25, -0.2) is 4.98 Å². The third-order valence-electron chi connectivity index (χ3n) is 5.00. The maximum absolute atomic E-state index is 5.17. The van der Waals surface area contributed by atoms with Gasteiger partial charge in [0.05, 0.1) is 24.3 Å². The molecule has 126 valence electrons. The predicted molar refractivity (Wildman–Crippen MR) is 88.9 cm³/mol. The Hall–Kier alpha value is -1.66. The van der Waals surface area contributed by atoms with Crippen LogP contribution in [-0.4, -0.2) is 51.7 Å². The first kappa shape index (κ1) is 16.2. The molecule has 23 heavy (non-hydrogen) atoms. The molecule has 0 saturated carbocycles. The molecule has 1 fully saturated rings. The van der Waals surface area contributed by atoms with Crippen LogP contribution < -0.4 is 0 Å². The third kappa shape index (κ3) is 3.48. The summed E-state index contributed by atoms with van der Waals surface area (Å²) >= 11 is 0. The molecule has 1 saturated heterocycles. The first-order valence-electron chi connectivity index (χ1n) is 8.31. The number of aromatic nitrogens is 3. The predicted octanol–water partition coefficient (Wildman–Crippen LogP) is 2.23. The van der Waals surface area contributed by atoms with E-state index in [4.69, 9.17) is 4.52 Å². The topological polar surface area (TPSA) is 50.3 Å². The van der Waals surface area contributed by atoms with Gasteiger partial charge >= 0.3 is 0 Å². The molecule has 2 aromatic rings. The Balaban J connectivity index is 1.71. The largest absolute Gasteiger partial charge is 0.361 e. The van der Waals surface area contributed by atoms with E-state index >= 15 is 0 Å². The van der Waals surface area contributed by atoms with Gasteiger partial charge in [0.15, 0.2) is 0 Å². The average Bonchev–Trinajstić information content (AvgIpc) is 3.09. The van der Waals surface area contributed by atoms with E-state index in [9.17, 15) is 0 Å². The van der Waals surface area contributed by atoms with Crippen molar-refractivity contribution >= 4 is 0 Å². The molecule has 3 heterocycles. The van der Waals surface area contributed by atoms with Crippen LogP contribution in [0.3, 0.4) is 0 Å². The van der Waals surface area contributed by atoms with Crippen LogP contribution in [-0.2, 0) is 13.6 Å². The van der Waals surface area contributed by atoms with Gasteiger partial charge in [0.2, 0.25) is 0 Å². The average molecular weight is 317 g/mol. The fraction of sp³-hybridized carbons (Fsp3) is 0.647. The molecule has 2 aromatic heterocycles. The summed E-state index contributed by atoms with van der Waals surface area (Å²) in [5, 5.41) is 3.88. The van der Waals surface area contributed by atoms with Crippen LogP contribution in [0, 0.1) is 12.8 Å². The third-order valence-corrected chi connectivity index (χ3v) is 5.00. The zero-order valence-electron chi connectivity index (χ0n) is 14.6. The quantitative estimate of drug-likeness (QED) is 0.846. The highest BCUT2D eigenvalue weighted by atomic mass is 16.5. The number of aryl methyl sites for hydroxylation is 2. The second-order valence-electron chi connectivity index (χ2n) is 6.86. The van der Waals surface area contributed by atoms with E-state index in [1.54, 1.807) is 0 Å². The minimum absolute atomic E-state index is 0.433. The molecule has 6 nitrogen and oxygen atoms in total. The van der Waals surface area contributed by atoms with E-state index < -0.39 is 0 Å². The molecule has 0 aliphatic carbocycles. The van der Waals surface area contributed by atoms with Crippen molar-refractivity contribution < 1.29 is 4.52 Å². The molecule has 3 rings (SSSR count). The maximum atomic E-state index is 5.17. The van der Waals surface area contributed by atoms with Crippen LogP contribution >= 0.6 is 0 Å². The Bertz CT molecular complexity index is 634. The number of nitrogens with zero attached hydrogens (tertiary/aromatic N) is 5. The number of piperidine rings is 1. The zero-order valence-corrected chi connectivity index (χ0v) is 14.6. The van der Waals surface area contributed by atoms with E-state index in [1.165, 1.54) is 24.1 Å². The monoisotopic (exact) mass is 317 g/mol. The van der Waals surface area contributed by atoms with Crippen molar-refractivity contribution in [2.24, 2.45) is 13.0 Å². The number of imidazole rings is 1. The summed E-state index contributed by atoms with van der Waals surface area (Å²) in [6, 6.07) is 0.433. The highest BCUT2D eigenvalue weighted by Gasteiger charge is 2.33. The van der Waals surface area contributed by atoms with E-state index in [1.807, 2.05) is 25.6 Å². The van der Waals surface area contributed by atoms with E-state index in [2.05, 4.69) is 45.7 Å². The van der Waals surface area contributed by atoms with Crippen LogP contribution in [0.2, 0.25) is 0 Å². The molecule has 0 spiro atoms. The summed E-state index contributed by atoms with van der Waals surface area (Å²) in [6.07, 6.45) is 8.27. The molecule has 0 bridgehead atoms. The van der Waals surface area contributed by atoms with Gasteiger partial charge in [0.25, 0.3) is 0 Å². The lowest BCUT2D eigenvalue weighted by Gasteiger charge is -2.40. The Kier molecular flexibility index (Phi) is 4.82. The van der Waals surface area contributed by atoms with Gasteiger partial charge in [-0.2, -0.15) is 0 Å². The smallest absolute Gasteiger partial charge is 0.138 e. The number of likely N-dealkylation sites (tertiary alicyclic amines) is 1. The highest BCUT2D eigenvalue weighted by molar-refractivity contribution is 5.12. The van der Waals surface area contributed by atoms with Gasteiger partial charge in [-0.1, -0.05) is 5.16 Å². The van der Waals surface area contributed by atoms with Crippen LogP contribution in [0.5, 0.6) is 0 Å². The molecular formula is C17H27N5O. The second-order valence-corrected chi connectivity index (χ2v) is 6.86. The summed E-state index contributed by atoms with van der Waals surface area (Å²) in [5.74, 6) is 1.52. The summed E-state index contributed by atoms with van der Waals surface area (Å²) < 4.78 is 7.33. The molecule has 1 aliphatic heterocycles. The first-order chi connectivity index (χ1) is 11.1. The number of rotatable bonds is 5.